The van der Waals surface area contributed by atoms with E-state index in [1.807, 2.05) is 18.2 Å². The molecule has 19 heavy (non-hydrogen) atoms. The van der Waals surface area contributed by atoms with Crippen LogP contribution in [0.1, 0.15) is 18.4 Å². The molecule has 2 rings (SSSR count). The minimum absolute atomic E-state index is 0.0261. The van der Waals surface area contributed by atoms with E-state index in [0.29, 0.717) is 19.2 Å². The molecule has 1 aromatic carbocycles. The first-order valence-electron chi connectivity index (χ1n) is 6.96. The minimum atomic E-state index is -0.0261. The lowest BCUT2D eigenvalue weighted by Crippen LogP contribution is -2.38. The lowest BCUT2D eigenvalue weighted by atomic mass is 10.2. The Bertz CT molecular complexity index is 375. The highest BCUT2D eigenvalue weighted by atomic mass is 16.5. The minimum Gasteiger partial charge on any atom is -0.371 e. The maximum atomic E-state index is 11.5. The van der Waals surface area contributed by atoms with Gasteiger partial charge in [0.25, 0.3) is 0 Å². The highest BCUT2D eigenvalue weighted by Crippen LogP contribution is 2.03. The van der Waals surface area contributed by atoms with Crippen LogP contribution >= 0.6 is 0 Å². The number of ether oxygens (including phenoxy) is 1. The number of carbonyl (C=O) groups excluding carboxylic acids is 1. The molecule has 1 fully saturated rings. The topological polar surface area (TPSA) is 50.4 Å². The maximum Gasteiger partial charge on any atom is 0.246 e. The molecule has 0 aliphatic carbocycles. The van der Waals surface area contributed by atoms with Crippen LogP contribution in [0.3, 0.4) is 0 Å². The number of benzene rings is 1. The number of hydrogen-bond acceptors (Lipinski definition) is 3. The molecule has 1 aromatic rings. The lowest BCUT2D eigenvalue weighted by Gasteiger charge is -2.11. The van der Waals surface area contributed by atoms with Crippen LogP contribution in [0.2, 0.25) is 0 Å². The molecule has 1 atom stereocenters. The molecule has 0 bridgehead atoms. The molecule has 4 heteroatoms. The van der Waals surface area contributed by atoms with Gasteiger partial charge in [-0.15, -0.1) is 0 Å². The number of amides is 1. The van der Waals surface area contributed by atoms with Crippen molar-refractivity contribution in [1.82, 2.24) is 10.6 Å². The van der Waals surface area contributed by atoms with E-state index in [2.05, 4.69) is 22.8 Å². The standard InChI is InChI=1S/C15H22N2O2/c18-15(17-11-14-7-4-9-16-14)12-19-10-8-13-5-2-1-3-6-13/h1-3,5-6,14,16H,4,7-12H2,(H,17,18). The van der Waals surface area contributed by atoms with E-state index in [0.717, 1.165) is 19.4 Å². The number of carbonyl (C=O) groups is 1. The Kier molecular flexibility index (Phi) is 5.85. The Morgan fingerprint density at radius 1 is 1.37 bits per heavy atom. The fourth-order valence-electron chi connectivity index (χ4n) is 2.22. The Labute approximate surface area is 114 Å². The SMILES string of the molecule is O=C(COCCc1ccccc1)NCC1CCCN1. The zero-order valence-electron chi connectivity index (χ0n) is 11.2. The third-order valence-corrected chi connectivity index (χ3v) is 3.32. The second kappa shape index (κ2) is 7.92. The average molecular weight is 262 g/mol. The van der Waals surface area contributed by atoms with Gasteiger partial charge in [-0.1, -0.05) is 30.3 Å². The van der Waals surface area contributed by atoms with Gasteiger partial charge in [0.05, 0.1) is 6.61 Å². The van der Waals surface area contributed by atoms with E-state index in [-0.39, 0.29) is 12.5 Å². The van der Waals surface area contributed by atoms with Gasteiger partial charge in [0.15, 0.2) is 0 Å². The first-order valence-corrected chi connectivity index (χ1v) is 6.96. The summed E-state index contributed by atoms with van der Waals surface area (Å²) >= 11 is 0. The second-order valence-corrected chi connectivity index (χ2v) is 4.89. The molecule has 4 nitrogen and oxygen atoms in total. The summed E-state index contributed by atoms with van der Waals surface area (Å²) in [5.74, 6) is -0.0261. The van der Waals surface area contributed by atoms with Gasteiger partial charge < -0.3 is 15.4 Å². The van der Waals surface area contributed by atoms with E-state index in [1.54, 1.807) is 0 Å². The van der Waals surface area contributed by atoms with E-state index < -0.39 is 0 Å². The van der Waals surface area contributed by atoms with Gasteiger partial charge in [-0.05, 0) is 31.4 Å². The smallest absolute Gasteiger partial charge is 0.246 e. The second-order valence-electron chi connectivity index (χ2n) is 4.89. The first kappa shape index (κ1) is 14.0. The lowest BCUT2D eigenvalue weighted by molar-refractivity contribution is -0.125. The molecule has 0 radical (unpaired) electrons. The van der Waals surface area contributed by atoms with Crippen molar-refractivity contribution in [3.05, 3.63) is 35.9 Å². The molecular formula is C15H22N2O2. The Hall–Kier alpha value is -1.39. The van der Waals surface area contributed by atoms with Gasteiger partial charge in [0, 0.05) is 12.6 Å². The van der Waals surface area contributed by atoms with E-state index >= 15 is 0 Å². The van der Waals surface area contributed by atoms with E-state index in [1.165, 1.54) is 12.0 Å². The molecule has 1 saturated heterocycles. The molecule has 0 saturated carbocycles. The van der Waals surface area contributed by atoms with Gasteiger partial charge in [0.2, 0.25) is 5.91 Å². The summed E-state index contributed by atoms with van der Waals surface area (Å²) in [7, 11) is 0. The third-order valence-electron chi connectivity index (χ3n) is 3.32. The largest absolute Gasteiger partial charge is 0.371 e. The van der Waals surface area contributed by atoms with Gasteiger partial charge in [-0.25, -0.2) is 0 Å². The van der Waals surface area contributed by atoms with Crippen LogP contribution < -0.4 is 10.6 Å². The van der Waals surface area contributed by atoms with Crippen LogP contribution in [0, 0.1) is 0 Å². The normalized spacial score (nSPS) is 18.4. The van der Waals surface area contributed by atoms with Crippen LogP contribution in [-0.2, 0) is 16.0 Å². The van der Waals surface area contributed by atoms with Gasteiger partial charge in [-0.2, -0.15) is 0 Å². The van der Waals surface area contributed by atoms with Crippen molar-refractivity contribution < 1.29 is 9.53 Å². The number of nitrogens with one attached hydrogen (secondary N) is 2. The van der Waals surface area contributed by atoms with Crippen LogP contribution in [0.5, 0.6) is 0 Å². The Morgan fingerprint density at radius 2 is 2.21 bits per heavy atom. The molecule has 1 aliphatic rings. The van der Waals surface area contributed by atoms with Gasteiger partial charge in [0.1, 0.15) is 6.61 Å². The van der Waals surface area contributed by atoms with Crippen LogP contribution in [0.15, 0.2) is 30.3 Å². The monoisotopic (exact) mass is 262 g/mol. The zero-order chi connectivity index (χ0) is 13.3. The summed E-state index contributed by atoms with van der Waals surface area (Å²) in [5.41, 5.74) is 1.23. The predicted molar refractivity (Wildman–Crippen MR) is 75.0 cm³/mol. The summed E-state index contributed by atoms with van der Waals surface area (Å²) < 4.78 is 5.38. The van der Waals surface area contributed by atoms with Crippen molar-refractivity contribution in [3.63, 3.8) is 0 Å². The molecule has 2 N–H and O–H groups in total. The van der Waals surface area contributed by atoms with Crippen molar-refractivity contribution in [3.8, 4) is 0 Å². The highest BCUT2D eigenvalue weighted by molar-refractivity contribution is 5.77. The average Bonchev–Trinajstić information content (AvgIpc) is 2.96. The van der Waals surface area contributed by atoms with Crippen LogP contribution in [-0.4, -0.2) is 38.3 Å². The number of hydrogen-bond donors (Lipinski definition) is 2. The molecule has 0 spiro atoms. The molecule has 0 aromatic heterocycles. The van der Waals surface area contributed by atoms with Crippen LogP contribution in [0.4, 0.5) is 0 Å². The summed E-state index contributed by atoms with van der Waals surface area (Å²) in [6.07, 6.45) is 3.20. The van der Waals surface area contributed by atoms with Crippen molar-refractivity contribution in [2.24, 2.45) is 0 Å². The molecule has 1 amide bonds. The van der Waals surface area contributed by atoms with Crippen molar-refractivity contribution in [2.75, 3.05) is 26.3 Å². The molecular weight excluding hydrogens is 240 g/mol. The van der Waals surface area contributed by atoms with Crippen molar-refractivity contribution in [2.45, 2.75) is 25.3 Å². The van der Waals surface area contributed by atoms with Gasteiger partial charge in [-0.3, -0.25) is 4.79 Å². The van der Waals surface area contributed by atoms with Crippen molar-refractivity contribution >= 4 is 5.91 Å². The zero-order valence-corrected chi connectivity index (χ0v) is 11.2. The fourth-order valence-corrected chi connectivity index (χ4v) is 2.22. The molecule has 104 valence electrons. The van der Waals surface area contributed by atoms with Crippen molar-refractivity contribution in [1.29, 1.82) is 0 Å². The Balaban J connectivity index is 1.51. The summed E-state index contributed by atoms with van der Waals surface area (Å²) in [5, 5.41) is 6.24. The molecule has 1 heterocycles. The summed E-state index contributed by atoms with van der Waals surface area (Å²) in [6, 6.07) is 10.6. The van der Waals surface area contributed by atoms with E-state index in [9.17, 15) is 4.79 Å². The first-order chi connectivity index (χ1) is 9.34. The molecule has 1 unspecified atom stereocenters. The highest BCUT2D eigenvalue weighted by Gasteiger charge is 2.14. The van der Waals surface area contributed by atoms with Gasteiger partial charge >= 0.3 is 0 Å². The summed E-state index contributed by atoms with van der Waals surface area (Å²) in [6.45, 7) is 2.51. The number of rotatable bonds is 7. The Morgan fingerprint density at radius 3 is 2.95 bits per heavy atom. The molecule has 1 aliphatic heterocycles. The maximum absolute atomic E-state index is 11.5. The van der Waals surface area contributed by atoms with Crippen LogP contribution in [0.25, 0.3) is 0 Å². The summed E-state index contributed by atoms with van der Waals surface area (Å²) in [4.78, 5) is 11.5. The van der Waals surface area contributed by atoms with E-state index in [4.69, 9.17) is 4.74 Å². The fraction of sp³-hybridized carbons (Fsp3) is 0.533. The predicted octanol–water partition coefficient (Wildman–Crippen LogP) is 1.11. The quantitative estimate of drug-likeness (QED) is 0.724. The third kappa shape index (κ3) is 5.41.